The van der Waals surface area contributed by atoms with Crippen LogP contribution < -0.4 is 0 Å². The molecule has 0 aromatic heterocycles. The molecule has 0 bridgehead atoms. The van der Waals surface area contributed by atoms with Gasteiger partial charge in [0, 0.05) is 5.41 Å². The smallest absolute Gasteiger partial charge is 0.193 e. The number of hydrogen-bond acceptors (Lipinski definition) is 4. The van der Waals surface area contributed by atoms with E-state index in [0.717, 1.165) is 25.7 Å². The number of rotatable bonds is 15. The first-order valence-electron chi connectivity index (χ1n) is 22.1. The molecule has 0 saturated heterocycles. The minimum absolute atomic E-state index is 0.0189. The standard InChI is InChI=1S/C47H86O4Si3/c1-20-46(14,48-32-24-30-44(11,12)51-54(21-2,22-3)23-4)40-28-27-38-37-26-25-35-33-36(49-52(16,17)42(5,6)7)34-41(50-53(18,19)43(8,9)10)47(35,15)39(37)29-31-45(38,40)13/h24-26,28,30,36,38-39,41H,20-23,27,29,31-34H2,1-19H3/t36-,38+,39+,41+,45+,46?,47+/m1/s1. The van der Waals surface area contributed by atoms with E-state index in [-0.39, 0.29) is 44.3 Å². The predicted molar refractivity (Wildman–Crippen MR) is 241 cm³/mol. The van der Waals surface area contributed by atoms with Crippen molar-refractivity contribution in [3.05, 3.63) is 47.1 Å². The van der Waals surface area contributed by atoms with Crippen molar-refractivity contribution in [3.8, 4) is 0 Å². The Balaban J connectivity index is 1.61. The maximum atomic E-state index is 7.61. The molecule has 0 aliphatic heterocycles. The van der Waals surface area contributed by atoms with Gasteiger partial charge in [-0.25, -0.2) is 0 Å². The molecule has 7 heteroatoms. The van der Waals surface area contributed by atoms with Gasteiger partial charge in [0.05, 0.1) is 30.0 Å². The van der Waals surface area contributed by atoms with E-state index in [0.29, 0.717) is 18.4 Å². The number of fused-ring (bicyclic) bond motifs is 5. The van der Waals surface area contributed by atoms with E-state index >= 15 is 0 Å². The van der Waals surface area contributed by atoms with Gasteiger partial charge in [0.15, 0.2) is 25.0 Å². The lowest BCUT2D eigenvalue weighted by atomic mass is 9.49. The van der Waals surface area contributed by atoms with E-state index in [1.165, 1.54) is 36.5 Å². The van der Waals surface area contributed by atoms with Gasteiger partial charge in [-0.1, -0.05) is 125 Å². The molecular weight excluding hydrogens is 713 g/mol. The second kappa shape index (κ2) is 15.9. The Morgan fingerprint density at radius 3 is 1.91 bits per heavy atom. The molecule has 0 spiro atoms. The van der Waals surface area contributed by atoms with Crippen LogP contribution in [0, 0.1) is 22.7 Å². The fraction of sp³-hybridized carbons (Fsp3) is 0.830. The van der Waals surface area contributed by atoms with Gasteiger partial charge in [-0.15, -0.1) is 0 Å². The zero-order valence-corrected chi connectivity index (χ0v) is 41.9. The van der Waals surface area contributed by atoms with Crippen molar-refractivity contribution in [2.24, 2.45) is 22.7 Å². The minimum Gasteiger partial charge on any atom is -0.414 e. The molecule has 0 heterocycles. The van der Waals surface area contributed by atoms with E-state index in [9.17, 15) is 0 Å². The molecule has 4 aliphatic carbocycles. The molecule has 4 nitrogen and oxygen atoms in total. The summed E-state index contributed by atoms with van der Waals surface area (Å²) in [6.07, 6.45) is 19.0. The summed E-state index contributed by atoms with van der Waals surface area (Å²) in [4.78, 5) is 0. The van der Waals surface area contributed by atoms with Crippen molar-refractivity contribution >= 4 is 25.0 Å². The van der Waals surface area contributed by atoms with Crippen molar-refractivity contribution in [2.75, 3.05) is 6.61 Å². The zero-order chi connectivity index (χ0) is 41.0. The Labute approximate surface area is 338 Å². The molecule has 7 atom stereocenters. The highest BCUT2D eigenvalue weighted by molar-refractivity contribution is 6.74. The fourth-order valence-electron chi connectivity index (χ4n) is 10.3. The summed E-state index contributed by atoms with van der Waals surface area (Å²) >= 11 is 0. The van der Waals surface area contributed by atoms with Crippen LogP contribution in [-0.2, 0) is 18.0 Å². The van der Waals surface area contributed by atoms with Crippen LogP contribution in [0.25, 0.3) is 0 Å². The maximum Gasteiger partial charge on any atom is 0.193 e. The van der Waals surface area contributed by atoms with Gasteiger partial charge in [-0.2, -0.15) is 0 Å². The van der Waals surface area contributed by atoms with Crippen molar-refractivity contribution in [1.29, 1.82) is 0 Å². The van der Waals surface area contributed by atoms with Crippen LogP contribution in [-0.4, -0.2) is 55.0 Å². The van der Waals surface area contributed by atoms with Gasteiger partial charge in [0.25, 0.3) is 0 Å². The Bertz CT molecular complexity index is 1450. The highest BCUT2D eigenvalue weighted by Crippen LogP contribution is 2.66. The van der Waals surface area contributed by atoms with Gasteiger partial charge in [-0.05, 0) is 137 Å². The summed E-state index contributed by atoms with van der Waals surface area (Å²) in [5.41, 5.74) is 4.26. The molecule has 310 valence electrons. The average Bonchev–Trinajstić information content (AvgIpc) is 3.43. The number of hydrogen-bond donors (Lipinski definition) is 0. The highest BCUT2D eigenvalue weighted by Gasteiger charge is 2.60. The molecule has 0 aromatic rings. The fourth-order valence-corrected chi connectivity index (χ4v) is 16.2. The number of allylic oxidation sites excluding steroid dienone is 4. The summed E-state index contributed by atoms with van der Waals surface area (Å²) in [7, 11) is -5.70. The minimum atomic E-state index is -2.05. The number of ether oxygens (including phenoxy) is 1. The van der Waals surface area contributed by atoms with Crippen molar-refractivity contribution < 1.29 is 18.0 Å². The van der Waals surface area contributed by atoms with E-state index in [1.54, 1.807) is 11.1 Å². The van der Waals surface area contributed by atoms with Crippen LogP contribution in [0.4, 0.5) is 0 Å². The van der Waals surface area contributed by atoms with E-state index < -0.39 is 25.0 Å². The second-order valence-electron chi connectivity index (χ2n) is 22.1. The second-order valence-corrected chi connectivity index (χ2v) is 36.3. The molecule has 0 radical (unpaired) electrons. The molecule has 1 unspecified atom stereocenters. The van der Waals surface area contributed by atoms with Crippen LogP contribution in [0.1, 0.15) is 142 Å². The summed E-state index contributed by atoms with van der Waals surface area (Å²) < 4.78 is 28.7. The molecule has 0 amide bonds. The molecular formula is C47H86O4Si3. The summed E-state index contributed by atoms with van der Waals surface area (Å²) in [6, 6.07) is 3.50. The molecule has 2 saturated carbocycles. The topological polar surface area (TPSA) is 36.9 Å². The van der Waals surface area contributed by atoms with Crippen LogP contribution in [0.15, 0.2) is 47.1 Å². The third-order valence-corrected chi connectivity index (χ3v) is 30.2. The Morgan fingerprint density at radius 1 is 0.796 bits per heavy atom. The molecule has 4 aliphatic rings. The Morgan fingerprint density at radius 2 is 1.37 bits per heavy atom. The lowest BCUT2D eigenvalue weighted by Gasteiger charge is -2.59. The van der Waals surface area contributed by atoms with E-state index in [4.69, 9.17) is 18.0 Å². The third-order valence-electron chi connectivity index (χ3n) is 16.4. The zero-order valence-electron chi connectivity index (χ0n) is 38.9. The molecule has 4 rings (SSSR count). The first-order valence-corrected chi connectivity index (χ1v) is 30.4. The summed E-state index contributed by atoms with van der Waals surface area (Å²) in [6.45, 7) is 45.8. The predicted octanol–water partition coefficient (Wildman–Crippen LogP) is 14.3. The lowest BCUT2D eigenvalue weighted by molar-refractivity contribution is -0.0451. The van der Waals surface area contributed by atoms with Gasteiger partial charge in [0.2, 0.25) is 0 Å². The molecule has 54 heavy (non-hydrogen) atoms. The SMILES string of the molecule is CCC(C)(OCC=CC(C)(C)O[Si](CC)(CC)CC)C1=CC[C@H]2C3=CC=C4C[C@@H](O[Si](C)(C)C(C)(C)C)C[C@H](O[Si](C)(C)C(C)(C)C)[C@]4(C)[C@H]3CC[C@]12C. The monoisotopic (exact) mass is 799 g/mol. The first kappa shape index (κ1) is 46.1. The summed E-state index contributed by atoms with van der Waals surface area (Å²) in [5, 5.41) is 0.335. The molecule has 0 N–H and O–H groups in total. The molecule has 0 aromatic carbocycles. The van der Waals surface area contributed by atoms with Gasteiger partial charge < -0.3 is 18.0 Å². The van der Waals surface area contributed by atoms with Gasteiger partial charge >= 0.3 is 0 Å². The maximum absolute atomic E-state index is 7.61. The van der Waals surface area contributed by atoms with Crippen molar-refractivity contribution in [1.82, 2.24) is 0 Å². The van der Waals surface area contributed by atoms with Gasteiger partial charge in [-0.3, -0.25) is 0 Å². The Hall–Kier alpha value is -0.549. The van der Waals surface area contributed by atoms with Crippen LogP contribution in [0.5, 0.6) is 0 Å². The van der Waals surface area contributed by atoms with Crippen LogP contribution >= 0.6 is 0 Å². The normalized spacial score (nSPS) is 31.0. The van der Waals surface area contributed by atoms with Crippen molar-refractivity contribution in [3.63, 3.8) is 0 Å². The van der Waals surface area contributed by atoms with E-state index in [1.807, 2.05) is 0 Å². The highest BCUT2D eigenvalue weighted by atomic mass is 28.4. The van der Waals surface area contributed by atoms with Crippen LogP contribution in [0.3, 0.4) is 0 Å². The first-order chi connectivity index (χ1) is 24.6. The quantitative estimate of drug-likeness (QED) is 0.122. The average molecular weight is 799 g/mol. The van der Waals surface area contributed by atoms with Gasteiger partial charge in [0.1, 0.15) is 0 Å². The largest absolute Gasteiger partial charge is 0.414 e. The van der Waals surface area contributed by atoms with Crippen LogP contribution in [0.2, 0.25) is 54.4 Å². The third kappa shape index (κ3) is 8.73. The summed E-state index contributed by atoms with van der Waals surface area (Å²) in [5.74, 6) is 0.999. The van der Waals surface area contributed by atoms with Crippen molar-refractivity contribution in [2.45, 2.75) is 220 Å². The molecule has 2 fully saturated rings. The lowest BCUT2D eigenvalue weighted by Crippen LogP contribution is -2.58. The Kier molecular flexibility index (Phi) is 13.6. The van der Waals surface area contributed by atoms with E-state index in [2.05, 4.69) is 160 Å².